The quantitative estimate of drug-likeness (QED) is 0.595. The van der Waals surface area contributed by atoms with Gasteiger partial charge in [-0.3, -0.25) is 0 Å². The lowest BCUT2D eigenvalue weighted by molar-refractivity contribution is -0.0819. The zero-order valence-corrected chi connectivity index (χ0v) is 9.47. The summed E-state index contributed by atoms with van der Waals surface area (Å²) in [5.41, 5.74) is 0. The summed E-state index contributed by atoms with van der Waals surface area (Å²) in [4.78, 5) is 0. The zero-order chi connectivity index (χ0) is 9.92. The van der Waals surface area contributed by atoms with Crippen LogP contribution in [0.15, 0.2) is 0 Å². The predicted molar refractivity (Wildman–Crippen MR) is 51.1 cm³/mol. The Morgan fingerprint density at radius 3 is 2.07 bits per heavy atom. The van der Waals surface area contributed by atoms with Gasteiger partial charge in [-0.2, -0.15) is 0 Å². The van der Waals surface area contributed by atoms with Crippen LogP contribution in [0.5, 0.6) is 0 Å². The molecule has 0 aromatic heterocycles. The molecule has 0 saturated carbocycles. The predicted octanol–water partition coefficient (Wildman–Crippen LogP) is 0.394. The van der Waals surface area contributed by atoms with E-state index in [0.717, 1.165) is 0 Å². The first-order valence-corrected chi connectivity index (χ1v) is 8.06. The van der Waals surface area contributed by atoms with Gasteiger partial charge >= 0.3 is 8.56 Å². The molecule has 0 amide bonds. The third-order valence-corrected chi connectivity index (χ3v) is 4.93. The highest BCUT2D eigenvalue weighted by Crippen LogP contribution is 2.42. The van der Waals surface area contributed by atoms with Gasteiger partial charge in [-0.25, -0.2) is 0 Å². The number of hydrogen-bond acceptors (Lipinski definition) is 4. The van der Waals surface area contributed by atoms with Crippen molar-refractivity contribution in [3.8, 4) is 0 Å². The zero-order valence-electron chi connectivity index (χ0n) is 8.47. The van der Waals surface area contributed by atoms with E-state index in [2.05, 4.69) is 13.1 Å². The number of fused-ring (bicyclic) bond motifs is 5. The molecule has 3 aliphatic heterocycles. The highest BCUT2D eigenvalue weighted by Gasteiger charge is 2.58. The molecule has 3 fully saturated rings. The Balaban J connectivity index is 1.84. The van der Waals surface area contributed by atoms with E-state index in [-0.39, 0.29) is 30.5 Å². The van der Waals surface area contributed by atoms with Crippen LogP contribution in [0.4, 0.5) is 0 Å². The Morgan fingerprint density at radius 1 is 1.07 bits per heavy atom. The minimum atomic E-state index is -1.89. The first kappa shape index (κ1) is 9.29. The van der Waals surface area contributed by atoms with E-state index in [1.807, 2.05) is 0 Å². The van der Waals surface area contributed by atoms with Gasteiger partial charge in [0.05, 0.1) is 18.3 Å². The van der Waals surface area contributed by atoms with Crippen LogP contribution in [0, 0.1) is 0 Å². The van der Waals surface area contributed by atoms with Crippen LogP contribution in [-0.4, -0.2) is 44.2 Å². The fourth-order valence-electron chi connectivity index (χ4n) is 2.78. The summed E-state index contributed by atoms with van der Waals surface area (Å²) in [7, 11) is -1.89. The molecule has 1 N–H and O–H groups in total. The summed E-state index contributed by atoms with van der Waals surface area (Å²) in [5, 5.41) is 9.60. The lowest BCUT2D eigenvalue weighted by atomic mass is 10.1. The fourth-order valence-corrected chi connectivity index (χ4v) is 4.72. The summed E-state index contributed by atoms with van der Waals surface area (Å²) in [6.45, 7) is 4.13. The van der Waals surface area contributed by atoms with E-state index in [1.54, 1.807) is 0 Å². The molecule has 0 aromatic rings. The first-order valence-electron chi connectivity index (χ1n) is 5.24. The van der Waals surface area contributed by atoms with E-state index < -0.39 is 8.56 Å². The Bertz CT molecular complexity index is 231. The molecule has 0 aliphatic carbocycles. The van der Waals surface area contributed by atoms with E-state index >= 15 is 0 Å². The van der Waals surface area contributed by atoms with E-state index in [1.165, 1.54) is 0 Å². The molecule has 4 atom stereocenters. The van der Waals surface area contributed by atoms with Gasteiger partial charge in [-0.05, 0) is 13.1 Å². The molecule has 14 heavy (non-hydrogen) atoms. The molecule has 5 heteroatoms. The van der Waals surface area contributed by atoms with Crippen molar-refractivity contribution in [2.75, 3.05) is 0 Å². The molecular weight excluding hydrogens is 200 g/mol. The summed E-state index contributed by atoms with van der Waals surface area (Å²) >= 11 is 0. The Hall–Kier alpha value is 0.0569. The van der Waals surface area contributed by atoms with Gasteiger partial charge in [0.1, 0.15) is 12.2 Å². The van der Waals surface area contributed by atoms with Gasteiger partial charge in [-0.1, -0.05) is 0 Å². The summed E-state index contributed by atoms with van der Waals surface area (Å²) in [6, 6.07) is 0. The van der Waals surface area contributed by atoms with Crippen LogP contribution in [-0.2, 0) is 13.6 Å². The number of aliphatic hydroxyl groups is 1. The van der Waals surface area contributed by atoms with E-state index in [9.17, 15) is 5.11 Å². The molecule has 2 bridgehead atoms. The number of ether oxygens (including phenoxy) is 1. The minimum absolute atomic E-state index is 0.0584. The Kier molecular flexibility index (Phi) is 1.86. The molecular formula is C9H16O4Si. The van der Waals surface area contributed by atoms with Gasteiger partial charge in [-0.15, -0.1) is 0 Å². The summed E-state index contributed by atoms with van der Waals surface area (Å²) < 4.78 is 17.6. The minimum Gasteiger partial charge on any atom is -0.393 e. The van der Waals surface area contributed by atoms with Crippen LogP contribution in [0.1, 0.15) is 12.8 Å². The smallest absolute Gasteiger partial charge is 0.332 e. The van der Waals surface area contributed by atoms with Crippen molar-refractivity contribution in [1.29, 1.82) is 0 Å². The summed E-state index contributed by atoms with van der Waals surface area (Å²) in [5.74, 6) is 0. The van der Waals surface area contributed by atoms with Gasteiger partial charge in [0.25, 0.3) is 0 Å². The molecule has 0 aromatic carbocycles. The second-order valence-corrected chi connectivity index (χ2v) is 8.17. The van der Waals surface area contributed by atoms with Crippen molar-refractivity contribution in [1.82, 2.24) is 0 Å². The van der Waals surface area contributed by atoms with Gasteiger partial charge in [0.15, 0.2) is 0 Å². The number of hydrogen-bond donors (Lipinski definition) is 1. The van der Waals surface area contributed by atoms with Crippen molar-refractivity contribution >= 4 is 8.56 Å². The Morgan fingerprint density at radius 2 is 1.57 bits per heavy atom. The largest absolute Gasteiger partial charge is 0.393 e. The highest BCUT2D eigenvalue weighted by atomic mass is 28.4. The molecule has 3 heterocycles. The van der Waals surface area contributed by atoms with Gasteiger partial charge in [0.2, 0.25) is 0 Å². The van der Waals surface area contributed by atoms with E-state index in [0.29, 0.717) is 12.8 Å². The molecule has 3 aliphatic rings. The molecule has 4 nitrogen and oxygen atoms in total. The normalized spacial score (nSPS) is 54.6. The second-order valence-electron chi connectivity index (χ2n) is 4.90. The standard InChI is InChI=1S/C9H16O4Si/c1-14(2)12-8-6-3-5(10)4-7(11-6)9(8)13-14/h5-10H,3-4H2,1-2H3. The van der Waals surface area contributed by atoms with Crippen LogP contribution in [0.2, 0.25) is 13.1 Å². The molecule has 80 valence electrons. The summed E-state index contributed by atoms with van der Waals surface area (Å²) in [6.07, 6.45) is 1.45. The van der Waals surface area contributed by atoms with Crippen LogP contribution in [0.25, 0.3) is 0 Å². The third kappa shape index (κ3) is 1.27. The van der Waals surface area contributed by atoms with Crippen LogP contribution < -0.4 is 0 Å². The van der Waals surface area contributed by atoms with Crippen molar-refractivity contribution in [3.63, 3.8) is 0 Å². The first-order chi connectivity index (χ1) is 6.55. The second kappa shape index (κ2) is 2.80. The van der Waals surface area contributed by atoms with Crippen LogP contribution >= 0.6 is 0 Å². The fraction of sp³-hybridized carbons (Fsp3) is 1.00. The van der Waals surface area contributed by atoms with Crippen LogP contribution in [0.3, 0.4) is 0 Å². The monoisotopic (exact) mass is 216 g/mol. The Labute approximate surface area is 84.4 Å². The maximum Gasteiger partial charge on any atom is 0.332 e. The lowest BCUT2D eigenvalue weighted by Crippen LogP contribution is -2.38. The average Bonchev–Trinajstić information content (AvgIpc) is 2.49. The average molecular weight is 216 g/mol. The molecule has 0 radical (unpaired) electrons. The topological polar surface area (TPSA) is 47.9 Å². The van der Waals surface area contributed by atoms with Gasteiger partial charge in [0, 0.05) is 12.8 Å². The molecule has 3 saturated heterocycles. The maximum atomic E-state index is 9.60. The van der Waals surface area contributed by atoms with Crippen molar-refractivity contribution < 1.29 is 18.7 Å². The molecule has 4 unspecified atom stereocenters. The maximum absolute atomic E-state index is 9.60. The van der Waals surface area contributed by atoms with E-state index in [4.69, 9.17) is 13.6 Å². The molecule has 0 spiro atoms. The third-order valence-electron chi connectivity index (χ3n) is 3.25. The van der Waals surface area contributed by atoms with Crippen molar-refractivity contribution in [2.45, 2.75) is 56.5 Å². The molecule has 3 rings (SSSR count). The van der Waals surface area contributed by atoms with Crippen molar-refractivity contribution in [2.24, 2.45) is 0 Å². The highest BCUT2D eigenvalue weighted by molar-refractivity contribution is 6.65. The lowest BCUT2D eigenvalue weighted by Gasteiger charge is -2.28. The SMILES string of the molecule is C[Si]1(C)OC2C3CC(O)CC(O3)C2O1. The van der Waals surface area contributed by atoms with Crippen molar-refractivity contribution in [3.05, 3.63) is 0 Å². The number of aliphatic hydroxyl groups excluding tert-OH is 1. The number of rotatable bonds is 0. The van der Waals surface area contributed by atoms with Gasteiger partial charge < -0.3 is 18.7 Å².